The molecule has 0 atom stereocenters. The van der Waals surface area contributed by atoms with E-state index in [9.17, 15) is 14.9 Å². The van der Waals surface area contributed by atoms with Gasteiger partial charge in [0.25, 0.3) is 5.56 Å². The predicted octanol–water partition coefficient (Wildman–Crippen LogP) is 1.26. The molecule has 1 aromatic carbocycles. The highest BCUT2D eigenvalue weighted by atomic mass is 32.2. The van der Waals surface area contributed by atoms with Gasteiger partial charge in [0.2, 0.25) is 5.91 Å². The number of thioether (sulfide) groups is 1. The third kappa shape index (κ3) is 4.07. The minimum Gasteiger partial charge on any atom is -0.378 e. The predicted molar refractivity (Wildman–Crippen MR) is 93.1 cm³/mol. The molecule has 1 saturated heterocycles. The molecule has 2 heterocycles. The van der Waals surface area contributed by atoms with Crippen molar-refractivity contribution in [1.29, 1.82) is 5.26 Å². The number of carbonyl (C=O) groups is 1. The minimum absolute atomic E-state index is 0.0263. The Morgan fingerprint density at radius 2 is 2.04 bits per heavy atom. The van der Waals surface area contributed by atoms with Crippen LogP contribution in [0.4, 0.5) is 0 Å². The fourth-order valence-corrected chi connectivity index (χ4v) is 3.23. The van der Waals surface area contributed by atoms with Gasteiger partial charge in [-0.05, 0) is 0 Å². The van der Waals surface area contributed by atoms with Crippen molar-refractivity contribution in [2.45, 2.75) is 5.16 Å². The lowest BCUT2D eigenvalue weighted by Gasteiger charge is -2.26. The largest absolute Gasteiger partial charge is 0.378 e. The second-order valence-electron chi connectivity index (χ2n) is 5.35. The molecule has 128 valence electrons. The van der Waals surface area contributed by atoms with Gasteiger partial charge in [-0.25, -0.2) is 4.98 Å². The van der Waals surface area contributed by atoms with Crippen LogP contribution in [0.5, 0.6) is 0 Å². The van der Waals surface area contributed by atoms with Crippen LogP contribution in [0.3, 0.4) is 0 Å². The Balaban J connectivity index is 1.80. The Kier molecular flexibility index (Phi) is 5.48. The average molecular weight is 356 g/mol. The molecule has 1 aliphatic rings. The molecule has 1 aliphatic heterocycles. The lowest BCUT2D eigenvalue weighted by molar-refractivity contribution is -0.132. The van der Waals surface area contributed by atoms with Gasteiger partial charge in [-0.3, -0.25) is 9.59 Å². The molecule has 1 N–H and O–H groups in total. The summed E-state index contributed by atoms with van der Waals surface area (Å²) in [6.45, 7) is 2.24. The first-order valence-corrected chi connectivity index (χ1v) is 8.76. The molecule has 1 fully saturated rings. The van der Waals surface area contributed by atoms with E-state index in [4.69, 9.17) is 4.74 Å². The first-order chi connectivity index (χ1) is 12.2. The number of nitrogens with one attached hydrogen (secondary N) is 1. The molecular formula is C17H16N4O3S. The number of carbonyl (C=O) groups excluding carboxylic acids is 1. The number of nitrogens with zero attached hydrogens (tertiary/aromatic N) is 3. The zero-order chi connectivity index (χ0) is 17.6. The van der Waals surface area contributed by atoms with Crippen molar-refractivity contribution in [2.75, 3.05) is 32.1 Å². The van der Waals surface area contributed by atoms with Crippen LogP contribution in [-0.2, 0) is 9.53 Å². The number of benzene rings is 1. The van der Waals surface area contributed by atoms with Crippen LogP contribution < -0.4 is 5.56 Å². The number of morpholine rings is 1. The van der Waals surface area contributed by atoms with E-state index >= 15 is 0 Å². The van der Waals surface area contributed by atoms with E-state index in [1.165, 1.54) is 0 Å². The molecule has 0 saturated carbocycles. The zero-order valence-corrected chi connectivity index (χ0v) is 14.2. The topological polar surface area (TPSA) is 99.1 Å². The summed E-state index contributed by atoms with van der Waals surface area (Å²) in [5.74, 6) is 0.143. The van der Waals surface area contributed by atoms with Crippen LogP contribution in [0.2, 0.25) is 0 Å². The fourth-order valence-electron chi connectivity index (χ4n) is 2.46. The molecule has 3 rings (SSSR count). The zero-order valence-electron chi connectivity index (χ0n) is 13.4. The summed E-state index contributed by atoms with van der Waals surface area (Å²) in [4.78, 5) is 33.1. The molecule has 0 spiro atoms. The van der Waals surface area contributed by atoms with Crippen molar-refractivity contribution in [2.24, 2.45) is 0 Å². The van der Waals surface area contributed by atoms with Crippen molar-refractivity contribution < 1.29 is 9.53 Å². The molecule has 1 amide bonds. The highest BCUT2D eigenvalue weighted by Crippen LogP contribution is 2.21. The van der Waals surface area contributed by atoms with Crippen LogP contribution >= 0.6 is 11.8 Å². The number of hydrogen-bond acceptors (Lipinski definition) is 6. The summed E-state index contributed by atoms with van der Waals surface area (Å²) in [5.41, 5.74) is 0.479. The smallest absolute Gasteiger partial charge is 0.270 e. The summed E-state index contributed by atoms with van der Waals surface area (Å²) >= 11 is 1.16. The molecule has 0 bridgehead atoms. The van der Waals surface area contributed by atoms with E-state index in [-0.39, 0.29) is 17.2 Å². The summed E-state index contributed by atoms with van der Waals surface area (Å²) in [5, 5.41) is 9.57. The van der Waals surface area contributed by atoms with Crippen molar-refractivity contribution in [3.63, 3.8) is 0 Å². The molecule has 8 heteroatoms. The van der Waals surface area contributed by atoms with E-state index in [1.54, 1.807) is 17.0 Å². The van der Waals surface area contributed by atoms with Gasteiger partial charge in [-0.2, -0.15) is 5.26 Å². The Morgan fingerprint density at radius 3 is 2.72 bits per heavy atom. The highest BCUT2D eigenvalue weighted by Gasteiger charge is 2.18. The lowest BCUT2D eigenvalue weighted by Crippen LogP contribution is -2.41. The van der Waals surface area contributed by atoms with Gasteiger partial charge in [0.05, 0.1) is 24.7 Å². The fraction of sp³-hybridized carbons (Fsp3) is 0.294. The van der Waals surface area contributed by atoms with Crippen molar-refractivity contribution in [3.05, 3.63) is 46.2 Å². The maximum atomic E-state index is 12.2. The Morgan fingerprint density at radius 1 is 1.32 bits per heavy atom. The standard InChI is InChI=1S/C17H16N4O3S/c18-10-13-15(12-4-2-1-3-5-12)19-17(20-16(13)23)25-11-14(22)21-6-8-24-9-7-21/h1-5H,6-9,11H2,(H,19,20,23). The Labute approximate surface area is 148 Å². The molecule has 7 nitrogen and oxygen atoms in total. The van der Waals surface area contributed by atoms with Crippen LogP contribution in [0, 0.1) is 11.3 Å². The summed E-state index contributed by atoms with van der Waals surface area (Å²) in [7, 11) is 0. The second-order valence-corrected chi connectivity index (χ2v) is 6.32. The number of H-pyrrole nitrogens is 1. The number of ether oxygens (including phenoxy) is 1. The quantitative estimate of drug-likeness (QED) is 0.654. The van der Waals surface area contributed by atoms with E-state index in [0.717, 1.165) is 11.8 Å². The van der Waals surface area contributed by atoms with E-state index in [2.05, 4.69) is 9.97 Å². The number of amides is 1. The molecule has 0 aliphatic carbocycles. The van der Waals surface area contributed by atoms with E-state index < -0.39 is 5.56 Å². The van der Waals surface area contributed by atoms with Crippen molar-refractivity contribution in [3.8, 4) is 17.3 Å². The minimum atomic E-state index is -0.502. The van der Waals surface area contributed by atoms with Crippen LogP contribution in [0.25, 0.3) is 11.3 Å². The normalized spacial score (nSPS) is 14.1. The van der Waals surface area contributed by atoms with Gasteiger partial charge in [0.1, 0.15) is 11.6 Å². The maximum absolute atomic E-state index is 12.2. The number of nitriles is 1. The van der Waals surface area contributed by atoms with Gasteiger partial charge in [0.15, 0.2) is 5.16 Å². The van der Waals surface area contributed by atoms with E-state index in [0.29, 0.717) is 42.7 Å². The SMILES string of the molecule is N#Cc1c(-c2ccccc2)nc(SCC(=O)N2CCOCC2)[nH]c1=O. The molecular weight excluding hydrogens is 340 g/mol. The van der Waals surface area contributed by atoms with Gasteiger partial charge < -0.3 is 14.6 Å². The number of hydrogen-bond donors (Lipinski definition) is 1. The van der Waals surface area contributed by atoms with Crippen LogP contribution in [0.15, 0.2) is 40.3 Å². The van der Waals surface area contributed by atoms with Gasteiger partial charge in [0, 0.05) is 18.7 Å². The first-order valence-electron chi connectivity index (χ1n) is 7.77. The molecule has 1 aromatic heterocycles. The lowest BCUT2D eigenvalue weighted by atomic mass is 10.1. The van der Waals surface area contributed by atoms with Gasteiger partial charge in [-0.1, -0.05) is 42.1 Å². The monoisotopic (exact) mass is 356 g/mol. The Hall–Kier alpha value is -2.63. The van der Waals surface area contributed by atoms with Crippen LogP contribution in [0.1, 0.15) is 5.56 Å². The third-order valence-electron chi connectivity index (χ3n) is 3.75. The molecule has 0 unspecified atom stereocenters. The second kappa shape index (κ2) is 7.96. The van der Waals surface area contributed by atoms with Crippen molar-refractivity contribution >= 4 is 17.7 Å². The number of aromatic amines is 1. The summed E-state index contributed by atoms with van der Waals surface area (Å²) in [6, 6.07) is 11.0. The van der Waals surface area contributed by atoms with E-state index in [1.807, 2.05) is 24.3 Å². The van der Waals surface area contributed by atoms with Crippen molar-refractivity contribution in [1.82, 2.24) is 14.9 Å². The van der Waals surface area contributed by atoms with Gasteiger partial charge >= 0.3 is 0 Å². The highest BCUT2D eigenvalue weighted by molar-refractivity contribution is 7.99. The van der Waals surface area contributed by atoms with Gasteiger partial charge in [-0.15, -0.1) is 0 Å². The number of rotatable bonds is 4. The number of aromatic nitrogens is 2. The average Bonchev–Trinajstić information content (AvgIpc) is 2.67. The summed E-state index contributed by atoms with van der Waals surface area (Å²) < 4.78 is 5.23. The maximum Gasteiger partial charge on any atom is 0.270 e. The Bertz CT molecular complexity index is 854. The third-order valence-corrected chi connectivity index (χ3v) is 4.61. The molecule has 2 aromatic rings. The molecule has 25 heavy (non-hydrogen) atoms. The first kappa shape index (κ1) is 17.2. The summed E-state index contributed by atoms with van der Waals surface area (Å²) in [6.07, 6.45) is 0. The molecule has 0 radical (unpaired) electrons. The van der Waals surface area contributed by atoms with Crippen LogP contribution in [-0.4, -0.2) is 52.8 Å².